The van der Waals surface area contributed by atoms with Crippen LogP contribution >= 0.6 is 0 Å². The molecule has 1 atom stereocenters. The summed E-state index contributed by atoms with van der Waals surface area (Å²) in [6.45, 7) is 8.37. The molecule has 1 aromatic heterocycles. The number of aromatic nitrogens is 3. The maximum atomic E-state index is 4.52. The quantitative estimate of drug-likeness (QED) is 0.788. The molecular weight excluding hydrogens is 252 g/mol. The fourth-order valence-electron chi connectivity index (χ4n) is 1.72. The molecule has 1 heterocycles. The van der Waals surface area contributed by atoms with Gasteiger partial charge in [-0.15, -0.1) is 0 Å². The van der Waals surface area contributed by atoms with Gasteiger partial charge in [0.25, 0.3) is 0 Å². The number of nitrogens with one attached hydrogen (secondary N) is 1. The van der Waals surface area contributed by atoms with Crippen molar-refractivity contribution in [3.63, 3.8) is 0 Å². The van der Waals surface area contributed by atoms with Gasteiger partial charge in [0.15, 0.2) is 0 Å². The Morgan fingerprint density at radius 3 is 2.25 bits per heavy atom. The molecule has 6 nitrogen and oxygen atoms in total. The van der Waals surface area contributed by atoms with E-state index in [-0.39, 0.29) is 0 Å². The minimum Gasteiger partial charge on any atom is -0.354 e. The van der Waals surface area contributed by atoms with Crippen LogP contribution in [0.4, 0.5) is 17.8 Å². The Morgan fingerprint density at radius 2 is 1.70 bits per heavy atom. The van der Waals surface area contributed by atoms with Crippen molar-refractivity contribution < 1.29 is 0 Å². The van der Waals surface area contributed by atoms with Gasteiger partial charge in [-0.05, 0) is 12.3 Å². The molecule has 0 saturated carbocycles. The first kappa shape index (κ1) is 16.5. The Hall–Kier alpha value is -1.59. The van der Waals surface area contributed by atoms with E-state index in [0.717, 1.165) is 31.9 Å². The zero-order chi connectivity index (χ0) is 15.1. The van der Waals surface area contributed by atoms with Gasteiger partial charge in [-0.2, -0.15) is 15.0 Å². The summed E-state index contributed by atoms with van der Waals surface area (Å²) in [5.41, 5.74) is 0. The van der Waals surface area contributed by atoms with Gasteiger partial charge in [0.1, 0.15) is 0 Å². The first-order valence-corrected chi connectivity index (χ1v) is 7.36. The molecule has 0 aliphatic carbocycles. The third-order valence-corrected chi connectivity index (χ3v) is 3.17. The second kappa shape index (κ2) is 7.87. The maximum absolute atomic E-state index is 4.52. The Bertz CT molecular complexity index is 407. The molecule has 0 bridgehead atoms. The smallest absolute Gasteiger partial charge is 0.231 e. The lowest BCUT2D eigenvalue weighted by atomic mass is 10.1. The summed E-state index contributed by atoms with van der Waals surface area (Å²) >= 11 is 0. The molecule has 0 saturated heterocycles. The highest BCUT2D eigenvalue weighted by Gasteiger charge is 2.13. The van der Waals surface area contributed by atoms with Crippen molar-refractivity contribution in [1.82, 2.24) is 15.0 Å². The van der Waals surface area contributed by atoms with Crippen molar-refractivity contribution in [3.05, 3.63) is 0 Å². The van der Waals surface area contributed by atoms with Crippen LogP contribution in [0.2, 0.25) is 0 Å². The lowest BCUT2D eigenvalue weighted by Gasteiger charge is -2.22. The molecule has 1 N–H and O–H groups in total. The molecule has 1 rings (SSSR count). The minimum atomic E-state index is 0.617. The van der Waals surface area contributed by atoms with E-state index < -0.39 is 0 Å². The molecule has 0 fully saturated rings. The van der Waals surface area contributed by atoms with Gasteiger partial charge in [0.05, 0.1) is 0 Å². The molecule has 114 valence electrons. The van der Waals surface area contributed by atoms with E-state index in [1.807, 2.05) is 26.0 Å². The summed E-state index contributed by atoms with van der Waals surface area (Å²) in [5, 5.41) is 3.24. The summed E-state index contributed by atoms with van der Waals surface area (Å²) in [5.74, 6) is 2.68. The van der Waals surface area contributed by atoms with Gasteiger partial charge in [-0.25, -0.2) is 0 Å². The van der Waals surface area contributed by atoms with Crippen LogP contribution in [0.25, 0.3) is 0 Å². The molecule has 0 spiro atoms. The molecule has 1 unspecified atom stereocenters. The predicted octanol–water partition coefficient (Wildman–Crippen LogP) is 2.24. The fourth-order valence-corrected chi connectivity index (χ4v) is 1.72. The van der Waals surface area contributed by atoms with Crippen LogP contribution in [0.15, 0.2) is 0 Å². The number of hydrogen-bond donors (Lipinski definition) is 1. The zero-order valence-corrected chi connectivity index (χ0v) is 13.6. The first-order chi connectivity index (χ1) is 9.47. The van der Waals surface area contributed by atoms with Crippen molar-refractivity contribution in [2.24, 2.45) is 5.92 Å². The highest BCUT2D eigenvalue weighted by atomic mass is 15.3. The van der Waals surface area contributed by atoms with Crippen molar-refractivity contribution in [3.8, 4) is 0 Å². The van der Waals surface area contributed by atoms with Gasteiger partial charge in [-0.3, -0.25) is 0 Å². The second-order valence-corrected chi connectivity index (χ2v) is 5.47. The molecule has 20 heavy (non-hydrogen) atoms. The van der Waals surface area contributed by atoms with Gasteiger partial charge < -0.3 is 15.1 Å². The monoisotopic (exact) mass is 280 g/mol. The molecular formula is C14H28N6. The Labute approximate surface area is 122 Å². The van der Waals surface area contributed by atoms with E-state index in [9.17, 15) is 0 Å². The van der Waals surface area contributed by atoms with Crippen LogP contribution in [0.1, 0.15) is 33.6 Å². The predicted molar refractivity (Wildman–Crippen MR) is 85.7 cm³/mol. The highest BCUT2D eigenvalue weighted by Crippen LogP contribution is 2.16. The van der Waals surface area contributed by atoms with Gasteiger partial charge in [-0.1, -0.05) is 27.2 Å². The number of nitrogens with zero attached hydrogens (tertiary/aromatic N) is 5. The molecule has 0 radical (unpaired) electrons. The Morgan fingerprint density at radius 1 is 1.05 bits per heavy atom. The first-order valence-electron chi connectivity index (χ1n) is 7.36. The van der Waals surface area contributed by atoms with Crippen molar-refractivity contribution in [2.75, 3.05) is 49.3 Å². The molecule has 0 aromatic carbocycles. The lowest BCUT2D eigenvalue weighted by molar-refractivity contribution is 0.554. The molecule has 6 heteroatoms. The van der Waals surface area contributed by atoms with E-state index in [1.165, 1.54) is 0 Å². The van der Waals surface area contributed by atoms with Crippen LogP contribution in [0.5, 0.6) is 0 Å². The standard InChI is InChI=1S/C14H28N6/c1-7-9-15-12-16-13(19(4)5)18-14(17-12)20(6)10-11(3)8-2/h11H,7-10H2,1-6H3,(H,15,16,17,18). The largest absolute Gasteiger partial charge is 0.354 e. The normalized spacial score (nSPS) is 12.1. The number of rotatable bonds is 8. The SMILES string of the molecule is CCCNc1nc(N(C)C)nc(N(C)CC(C)CC)n1. The van der Waals surface area contributed by atoms with Gasteiger partial charge in [0.2, 0.25) is 17.8 Å². The van der Waals surface area contributed by atoms with Crippen molar-refractivity contribution in [1.29, 1.82) is 0 Å². The second-order valence-electron chi connectivity index (χ2n) is 5.47. The summed E-state index contributed by atoms with van der Waals surface area (Å²) in [7, 11) is 5.92. The topological polar surface area (TPSA) is 57.2 Å². The van der Waals surface area contributed by atoms with Gasteiger partial charge in [0, 0.05) is 34.2 Å². The van der Waals surface area contributed by atoms with E-state index in [0.29, 0.717) is 17.8 Å². The van der Waals surface area contributed by atoms with Crippen LogP contribution in [-0.4, -0.2) is 49.2 Å². The van der Waals surface area contributed by atoms with Crippen LogP contribution in [0.3, 0.4) is 0 Å². The van der Waals surface area contributed by atoms with E-state index in [4.69, 9.17) is 0 Å². The fraction of sp³-hybridized carbons (Fsp3) is 0.786. The summed E-state index contributed by atoms with van der Waals surface area (Å²) in [4.78, 5) is 17.4. The third kappa shape index (κ3) is 4.83. The van der Waals surface area contributed by atoms with E-state index in [2.05, 4.69) is 45.9 Å². The average molecular weight is 280 g/mol. The van der Waals surface area contributed by atoms with E-state index >= 15 is 0 Å². The Kier molecular flexibility index (Phi) is 6.48. The van der Waals surface area contributed by atoms with Crippen LogP contribution < -0.4 is 15.1 Å². The summed E-state index contributed by atoms with van der Waals surface area (Å²) in [6.07, 6.45) is 2.19. The minimum absolute atomic E-state index is 0.617. The zero-order valence-electron chi connectivity index (χ0n) is 13.6. The average Bonchev–Trinajstić information content (AvgIpc) is 2.44. The Balaban J connectivity index is 2.95. The van der Waals surface area contributed by atoms with E-state index in [1.54, 1.807) is 0 Å². The maximum Gasteiger partial charge on any atom is 0.231 e. The molecule has 0 aliphatic rings. The van der Waals surface area contributed by atoms with Crippen LogP contribution in [-0.2, 0) is 0 Å². The van der Waals surface area contributed by atoms with Gasteiger partial charge >= 0.3 is 0 Å². The lowest BCUT2D eigenvalue weighted by Crippen LogP contribution is -2.27. The number of anilines is 3. The summed E-state index contributed by atoms with van der Waals surface area (Å²) in [6, 6.07) is 0. The molecule has 1 aromatic rings. The van der Waals surface area contributed by atoms with Crippen LogP contribution in [0, 0.1) is 5.92 Å². The molecule has 0 aliphatic heterocycles. The van der Waals surface area contributed by atoms with Crippen molar-refractivity contribution in [2.45, 2.75) is 33.6 Å². The van der Waals surface area contributed by atoms with Crippen molar-refractivity contribution >= 4 is 17.8 Å². The number of hydrogen-bond acceptors (Lipinski definition) is 6. The highest BCUT2D eigenvalue weighted by molar-refractivity contribution is 5.44. The summed E-state index contributed by atoms with van der Waals surface area (Å²) < 4.78 is 0. The third-order valence-electron chi connectivity index (χ3n) is 3.17. The molecule has 0 amide bonds.